The van der Waals surface area contributed by atoms with E-state index in [1.807, 2.05) is 66.9 Å². The first-order valence-corrected chi connectivity index (χ1v) is 23.9. The summed E-state index contributed by atoms with van der Waals surface area (Å²) in [7, 11) is -2.45. The Balaban J connectivity index is 1.14. The highest BCUT2D eigenvalue weighted by atomic mass is 32.2. The number of carbonyl (C=O) groups excluding carboxylic acids is 3. The molecule has 0 unspecified atom stereocenters. The van der Waals surface area contributed by atoms with Gasteiger partial charge in [-0.2, -0.15) is 12.7 Å². The Labute approximate surface area is 362 Å². The van der Waals surface area contributed by atoms with Gasteiger partial charge in [0.05, 0.1) is 36.3 Å². The molecule has 1 aliphatic carbocycles. The van der Waals surface area contributed by atoms with E-state index in [1.165, 1.54) is 15.6 Å². The fourth-order valence-electron chi connectivity index (χ4n) is 9.10. The standard InChI is InChI=1S/C46H56N6O7S2/c1-29(2)37-28-60-43(49-37)36-24-41(34-19-20-40(58-4)30(3)42(34)48-36)59-33-23-38-39(53)26-46(45(55)50-61(56,57)51-21-13-14-22-51)25-31(46)15-9-6-5-7-12-18-35(44(54)52(38)27-33)47-32-16-10-8-11-17-32/h8-11,15-17,19-20,24,28-29,31,33,35,38,47H,5-7,12-14,18,21-23,25-27H2,1-4H3,(H,50,55)/b15-9-/t31-,33-,35+,38+,46-/m1/s1. The Hall–Kier alpha value is -4.86. The van der Waals surface area contributed by atoms with E-state index >= 15 is 0 Å². The summed E-state index contributed by atoms with van der Waals surface area (Å²) in [6.45, 7) is 6.98. The van der Waals surface area contributed by atoms with Gasteiger partial charge in [-0.3, -0.25) is 14.4 Å². The molecule has 3 fully saturated rings. The monoisotopic (exact) mass is 868 g/mol. The molecule has 4 aromatic rings. The number of aromatic nitrogens is 2. The number of nitrogens with one attached hydrogen (secondary N) is 2. The van der Waals surface area contributed by atoms with Crippen molar-refractivity contribution in [1.29, 1.82) is 0 Å². The van der Waals surface area contributed by atoms with Gasteiger partial charge in [0.25, 0.3) is 0 Å². The number of hydrogen-bond donors (Lipinski definition) is 2. The first kappa shape index (κ1) is 42.8. The van der Waals surface area contributed by atoms with Crippen LogP contribution in [-0.4, -0.2) is 90.1 Å². The van der Waals surface area contributed by atoms with Gasteiger partial charge in [0, 0.05) is 54.0 Å². The Kier molecular flexibility index (Phi) is 12.5. The number of benzene rings is 2. The number of ether oxygens (including phenoxy) is 2. The van der Waals surface area contributed by atoms with Crippen LogP contribution in [0, 0.1) is 18.3 Å². The SMILES string of the molecule is COc1ccc2c(O[C@@H]3C[C@H]4C(=O)C[C@]5(C(=O)NS(=O)(=O)N6CCCC6)C[C@H]5/C=C\CCCCC[C@H](Nc5ccccc5)C(=O)N4C3)cc(-c3nc(C(C)C)cs3)nc2c1C. The van der Waals surface area contributed by atoms with E-state index in [4.69, 9.17) is 19.4 Å². The molecule has 8 rings (SSSR count). The number of amides is 2. The van der Waals surface area contributed by atoms with Crippen molar-refractivity contribution < 1.29 is 32.3 Å². The molecular weight excluding hydrogens is 813 g/mol. The van der Waals surface area contributed by atoms with Crippen molar-refractivity contribution in [3.63, 3.8) is 0 Å². The molecule has 1 saturated carbocycles. The van der Waals surface area contributed by atoms with E-state index in [9.17, 15) is 22.8 Å². The Morgan fingerprint density at radius 1 is 1.00 bits per heavy atom. The number of aryl methyl sites for hydroxylation is 1. The zero-order valence-corrected chi connectivity index (χ0v) is 37.0. The van der Waals surface area contributed by atoms with E-state index in [0.717, 1.165) is 65.9 Å². The molecule has 2 aromatic carbocycles. The summed E-state index contributed by atoms with van der Waals surface area (Å²) in [5.41, 5.74) is 2.71. The van der Waals surface area contributed by atoms with E-state index in [1.54, 1.807) is 12.0 Å². The van der Waals surface area contributed by atoms with Crippen LogP contribution >= 0.6 is 11.3 Å². The highest BCUT2D eigenvalue weighted by molar-refractivity contribution is 7.87. The minimum absolute atomic E-state index is 0.136. The molecule has 0 spiro atoms. The fourth-order valence-corrected chi connectivity index (χ4v) is 11.3. The lowest BCUT2D eigenvalue weighted by atomic mass is 9.91. The second-order valence-electron chi connectivity index (χ2n) is 17.3. The number of thiazole rings is 1. The van der Waals surface area contributed by atoms with Crippen molar-refractivity contribution in [2.45, 2.75) is 109 Å². The van der Waals surface area contributed by atoms with Gasteiger partial charge in [-0.05, 0) is 81.5 Å². The Morgan fingerprint density at radius 3 is 2.52 bits per heavy atom. The summed E-state index contributed by atoms with van der Waals surface area (Å²) < 4.78 is 42.9. The molecule has 3 aliphatic heterocycles. The van der Waals surface area contributed by atoms with Crippen LogP contribution in [0.5, 0.6) is 11.5 Å². The van der Waals surface area contributed by atoms with E-state index in [0.29, 0.717) is 48.6 Å². The maximum atomic E-state index is 14.9. The van der Waals surface area contributed by atoms with E-state index in [2.05, 4.69) is 30.0 Å². The number of para-hydroxylation sites is 1. The van der Waals surface area contributed by atoms with Crippen molar-refractivity contribution in [3.8, 4) is 22.2 Å². The third-order valence-corrected chi connectivity index (χ3v) is 15.1. The lowest BCUT2D eigenvalue weighted by Crippen LogP contribution is -2.50. The van der Waals surface area contributed by atoms with Gasteiger partial charge in [-0.15, -0.1) is 11.3 Å². The average Bonchev–Trinajstić information content (AvgIpc) is 3.75. The topological polar surface area (TPSA) is 160 Å². The highest BCUT2D eigenvalue weighted by Gasteiger charge is 2.61. The molecule has 15 heteroatoms. The van der Waals surface area contributed by atoms with Gasteiger partial charge in [0.1, 0.15) is 34.3 Å². The summed E-state index contributed by atoms with van der Waals surface area (Å²) in [5, 5.41) is 7.02. The average molecular weight is 869 g/mol. The molecule has 2 amide bonds. The second kappa shape index (κ2) is 17.9. The van der Waals surface area contributed by atoms with Gasteiger partial charge in [0.2, 0.25) is 11.8 Å². The molecule has 0 radical (unpaired) electrons. The smallest absolute Gasteiger partial charge is 0.303 e. The van der Waals surface area contributed by atoms with Crippen molar-refractivity contribution in [2.75, 3.05) is 32.1 Å². The Bertz CT molecular complexity index is 2410. The van der Waals surface area contributed by atoms with Crippen LogP contribution in [0.4, 0.5) is 5.69 Å². The number of fused-ring (bicyclic) bond motifs is 3. The van der Waals surface area contributed by atoms with Crippen LogP contribution < -0.4 is 19.5 Å². The number of pyridine rings is 1. The highest BCUT2D eigenvalue weighted by Crippen LogP contribution is 2.57. The number of methoxy groups -OCH3 is 1. The quantitative estimate of drug-likeness (QED) is 0.152. The molecule has 2 N–H and O–H groups in total. The van der Waals surface area contributed by atoms with Crippen molar-refractivity contribution >= 4 is 55.7 Å². The van der Waals surface area contributed by atoms with Crippen LogP contribution in [0.25, 0.3) is 21.6 Å². The number of carbonyl (C=O) groups is 3. The first-order valence-electron chi connectivity index (χ1n) is 21.6. The van der Waals surface area contributed by atoms with Crippen LogP contribution in [-0.2, 0) is 24.6 Å². The summed E-state index contributed by atoms with van der Waals surface area (Å²) in [5.74, 6) is 0.00580. The molecule has 2 saturated heterocycles. The molecule has 324 valence electrons. The van der Waals surface area contributed by atoms with Crippen LogP contribution in [0.15, 0.2) is 66.1 Å². The van der Waals surface area contributed by atoms with Gasteiger partial charge >= 0.3 is 10.2 Å². The number of Topliss-reactive ketones (excluding diaryl/α,β-unsaturated/α-hetero) is 1. The zero-order valence-electron chi connectivity index (χ0n) is 35.4. The number of nitrogens with zero attached hydrogens (tertiary/aromatic N) is 4. The van der Waals surface area contributed by atoms with Crippen molar-refractivity contribution in [3.05, 3.63) is 77.3 Å². The number of hydrogen-bond acceptors (Lipinski definition) is 11. The minimum Gasteiger partial charge on any atom is -0.496 e. The third-order valence-electron chi connectivity index (χ3n) is 12.8. The predicted molar refractivity (Wildman–Crippen MR) is 237 cm³/mol. The van der Waals surface area contributed by atoms with Gasteiger partial charge in [0.15, 0.2) is 5.78 Å². The molecule has 13 nitrogen and oxygen atoms in total. The van der Waals surface area contributed by atoms with Crippen LogP contribution in [0.2, 0.25) is 0 Å². The predicted octanol–water partition coefficient (Wildman–Crippen LogP) is 7.57. The Morgan fingerprint density at radius 2 is 1.79 bits per heavy atom. The second-order valence-corrected chi connectivity index (χ2v) is 19.8. The zero-order chi connectivity index (χ0) is 42.9. The summed E-state index contributed by atoms with van der Waals surface area (Å²) in [4.78, 5) is 55.5. The van der Waals surface area contributed by atoms with Gasteiger partial charge in [-0.1, -0.05) is 57.0 Å². The lowest BCUT2D eigenvalue weighted by molar-refractivity contribution is -0.139. The maximum absolute atomic E-state index is 14.9. The van der Waals surface area contributed by atoms with Crippen molar-refractivity contribution in [2.24, 2.45) is 11.3 Å². The third kappa shape index (κ3) is 9.05. The van der Waals surface area contributed by atoms with Crippen LogP contribution in [0.3, 0.4) is 0 Å². The molecule has 4 aliphatic rings. The lowest BCUT2D eigenvalue weighted by Gasteiger charge is -2.30. The number of anilines is 1. The van der Waals surface area contributed by atoms with Gasteiger partial charge in [-0.25, -0.2) is 14.7 Å². The van der Waals surface area contributed by atoms with Crippen LogP contribution in [0.1, 0.15) is 95.2 Å². The summed E-state index contributed by atoms with van der Waals surface area (Å²) >= 11 is 1.51. The number of allylic oxidation sites excluding steroid dienone is 2. The van der Waals surface area contributed by atoms with Crippen molar-refractivity contribution in [1.82, 2.24) is 23.9 Å². The van der Waals surface area contributed by atoms with E-state index < -0.39 is 39.7 Å². The molecule has 61 heavy (non-hydrogen) atoms. The number of rotatable bonds is 10. The van der Waals surface area contributed by atoms with Gasteiger partial charge < -0.3 is 19.7 Å². The maximum Gasteiger partial charge on any atom is 0.303 e. The molecule has 5 heterocycles. The number of ketones is 1. The molecule has 2 aromatic heterocycles. The molecule has 0 bridgehead atoms. The molecular formula is C46H56N6O7S2. The summed E-state index contributed by atoms with van der Waals surface area (Å²) in [6.07, 6.45) is 9.16. The normalized spacial score (nSPS) is 25.7. The largest absolute Gasteiger partial charge is 0.496 e. The first-order chi connectivity index (χ1) is 29.4. The minimum atomic E-state index is -4.07. The van der Waals surface area contributed by atoms with E-state index in [-0.39, 0.29) is 42.9 Å². The molecule has 5 atom stereocenters. The summed E-state index contributed by atoms with van der Waals surface area (Å²) in [6, 6.07) is 13.8. The fraction of sp³-hybridized carbons (Fsp3) is 0.500.